The first kappa shape index (κ1) is 13.2. The summed E-state index contributed by atoms with van der Waals surface area (Å²) in [6.45, 7) is 7.01. The van der Waals surface area contributed by atoms with Crippen LogP contribution >= 0.6 is 22.9 Å². The number of aromatic nitrogens is 3. The predicted octanol–water partition coefficient (Wildman–Crippen LogP) is 3.56. The fourth-order valence-corrected chi connectivity index (χ4v) is 2.55. The summed E-state index contributed by atoms with van der Waals surface area (Å²) < 4.78 is 0.650. The van der Waals surface area contributed by atoms with Crippen molar-refractivity contribution in [3.8, 4) is 10.8 Å². The Bertz CT molecular complexity index is 553. The zero-order chi connectivity index (χ0) is 13.1. The first-order valence-electron chi connectivity index (χ1n) is 5.88. The van der Waals surface area contributed by atoms with Crippen molar-refractivity contribution in [2.24, 2.45) is 0 Å². The van der Waals surface area contributed by atoms with Gasteiger partial charge in [-0.15, -0.1) is 0 Å². The molecular formula is C12H15ClN4S. The lowest BCUT2D eigenvalue weighted by molar-refractivity contribution is 0.968. The van der Waals surface area contributed by atoms with Crippen LogP contribution in [0, 0.1) is 6.92 Å². The van der Waals surface area contributed by atoms with Crippen LogP contribution in [0.4, 0.5) is 5.82 Å². The molecule has 0 saturated heterocycles. The molecule has 0 atom stereocenters. The Balaban J connectivity index is 2.51. The van der Waals surface area contributed by atoms with Crippen molar-refractivity contribution >= 4 is 28.8 Å². The summed E-state index contributed by atoms with van der Waals surface area (Å²) in [6, 6.07) is 0. The zero-order valence-corrected chi connectivity index (χ0v) is 12.2. The molecule has 0 aliphatic heterocycles. The van der Waals surface area contributed by atoms with Gasteiger partial charge in [-0.05, 0) is 20.3 Å². The number of nitrogens with one attached hydrogen (secondary N) is 1. The molecule has 2 heterocycles. The lowest BCUT2D eigenvalue weighted by Crippen LogP contribution is -2.07. The second-order valence-corrected chi connectivity index (χ2v) is 5.48. The van der Waals surface area contributed by atoms with Gasteiger partial charge in [0.2, 0.25) is 0 Å². The van der Waals surface area contributed by atoms with E-state index in [0.717, 1.165) is 35.0 Å². The number of hydrogen-bond donors (Lipinski definition) is 1. The Kier molecular flexibility index (Phi) is 4.14. The molecule has 0 radical (unpaired) electrons. The Morgan fingerprint density at radius 2 is 2.11 bits per heavy atom. The lowest BCUT2D eigenvalue weighted by Gasteiger charge is -2.11. The van der Waals surface area contributed by atoms with Crippen LogP contribution in [0.5, 0.6) is 0 Å². The van der Waals surface area contributed by atoms with E-state index in [0.29, 0.717) is 10.2 Å². The van der Waals surface area contributed by atoms with Crippen molar-refractivity contribution in [1.29, 1.82) is 0 Å². The molecule has 18 heavy (non-hydrogen) atoms. The minimum Gasteiger partial charge on any atom is -0.370 e. The smallest absolute Gasteiger partial charge is 0.190 e. The summed E-state index contributed by atoms with van der Waals surface area (Å²) >= 11 is 7.30. The fourth-order valence-electron chi connectivity index (χ4n) is 1.70. The van der Waals surface area contributed by atoms with Gasteiger partial charge in [-0.1, -0.05) is 29.9 Å². The minimum atomic E-state index is 0.644. The molecule has 0 spiro atoms. The molecule has 2 rings (SSSR count). The van der Waals surface area contributed by atoms with E-state index < -0.39 is 0 Å². The number of nitrogens with zero attached hydrogens (tertiary/aromatic N) is 3. The molecule has 96 valence electrons. The number of aryl methyl sites for hydroxylation is 1. The third kappa shape index (κ3) is 2.62. The third-order valence-electron chi connectivity index (χ3n) is 2.59. The molecule has 0 aliphatic carbocycles. The first-order chi connectivity index (χ1) is 8.65. The lowest BCUT2D eigenvalue weighted by atomic mass is 10.2. The topological polar surface area (TPSA) is 50.7 Å². The van der Waals surface area contributed by atoms with E-state index in [2.05, 4.69) is 27.2 Å². The van der Waals surface area contributed by atoms with Crippen molar-refractivity contribution in [1.82, 2.24) is 15.0 Å². The maximum absolute atomic E-state index is 5.90. The SMILES string of the molecule is CCNc1nc(-c2ncc(Cl)s2)nc(CC)c1C. The molecule has 0 amide bonds. The third-order valence-corrected chi connectivity index (χ3v) is 3.71. The number of rotatable bonds is 4. The van der Waals surface area contributed by atoms with Crippen LogP contribution in [0.15, 0.2) is 6.20 Å². The van der Waals surface area contributed by atoms with Gasteiger partial charge in [0.15, 0.2) is 10.8 Å². The van der Waals surface area contributed by atoms with E-state index in [4.69, 9.17) is 11.6 Å². The largest absolute Gasteiger partial charge is 0.370 e. The number of anilines is 1. The molecule has 0 unspecified atom stereocenters. The minimum absolute atomic E-state index is 0.644. The average molecular weight is 283 g/mol. The van der Waals surface area contributed by atoms with Crippen molar-refractivity contribution in [2.45, 2.75) is 27.2 Å². The molecule has 0 fully saturated rings. The Morgan fingerprint density at radius 1 is 1.33 bits per heavy atom. The quantitative estimate of drug-likeness (QED) is 0.932. The molecule has 2 aromatic heterocycles. The molecule has 4 nitrogen and oxygen atoms in total. The van der Waals surface area contributed by atoms with E-state index in [-0.39, 0.29) is 0 Å². The van der Waals surface area contributed by atoms with E-state index >= 15 is 0 Å². The second kappa shape index (κ2) is 5.63. The van der Waals surface area contributed by atoms with Gasteiger partial charge in [0.05, 0.1) is 6.20 Å². The standard InChI is InChI=1S/C12H15ClN4S/c1-4-8-7(3)10(14-5-2)17-11(16-8)12-15-6-9(13)18-12/h6H,4-5H2,1-3H3,(H,14,16,17). The predicted molar refractivity (Wildman–Crippen MR) is 76.4 cm³/mol. The average Bonchev–Trinajstić information content (AvgIpc) is 2.79. The highest BCUT2D eigenvalue weighted by Gasteiger charge is 2.13. The summed E-state index contributed by atoms with van der Waals surface area (Å²) in [5, 5.41) is 4.02. The molecule has 2 aromatic rings. The summed E-state index contributed by atoms with van der Waals surface area (Å²) in [7, 11) is 0. The summed E-state index contributed by atoms with van der Waals surface area (Å²) in [4.78, 5) is 13.3. The van der Waals surface area contributed by atoms with E-state index in [1.807, 2.05) is 13.8 Å². The number of halogens is 1. The Labute approximate surface area is 115 Å². The van der Waals surface area contributed by atoms with Gasteiger partial charge in [-0.3, -0.25) is 0 Å². The van der Waals surface area contributed by atoms with Crippen molar-refractivity contribution in [3.05, 3.63) is 21.8 Å². The highest BCUT2D eigenvalue weighted by molar-refractivity contribution is 7.18. The van der Waals surface area contributed by atoms with Crippen LogP contribution in [0.3, 0.4) is 0 Å². The number of thiazole rings is 1. The van der Waals surface area contributed by atoms with Gasteiger partial charge in [-0.25, -0.2) is 15.0 Å². The van der Waals surface area contributed by atoms with Crippen molar-refractivity contribution in [3.63, 3.8) is 0 Å². The second-order valence-electron chi connectivity index (χ2n) is 3.82. The Hall–Kier alpha value is -1.20. The van der Waals surface area contributed by atoms with Crippen LogP contribution < -0.4 is 5.32 Å². The van der Waals surface area contributed by atoms with Gasteiger partial charge in [0.1, 0.15) is 10.2 Å². The fraction of sp³-hybridized carbons (Fsp3) is 0.417. The molecule has 1 N–H and O–H groups in total. The van der Waals surface area contributed by atoms with Crippen LogP contribution in [-0.4, -0.2) is 21.5 Å². The van der Waals surface area contributed by atoms with E-state index in [9.17, 15) is 0 Å². The highest BCUT2D eigenvalue weighted by atomic mass is 35.5. The van der Waals surface area contributed by atoms with Gasteiger partial charge < -0.3 is 5.32 Å². The Morgan fingerprint density at radius 3 is 2.67 bits per heavy atom. The molecule has 0 bridgehead atoms. The normalized spacial score (nSPS) is 10.7. The van der Waals surface area contributed by atoms with Crippen molar-refractivity contribution < 1.29 is 0 Å². The molecule has 0 aliphatic rings. The van der Waals surface area contributed by atoms with Crippen LogP contribution in [-0.2, 0) is 6.42 Å². The monoisotopic (exact) mass is 282 g/mol. The van der Waals surface area contributed by atoms with Gasteiger partial charge in [-0.2, -0.15) is 0 Å². The summed E-state index contributed by atoms with van der Waals surface area (Å²) in [5.41, 5.74) is 2.15. The molecule has 6 heteroatoms. The van der Waals surface area contributed by atoms with E-state index in [1.54, 1.807) is 6.20 Å². The maximum Gasteiger partial charge on any atom is 0.190 e. The summed E-state index contributed by atoms with van der Waals surface area (Å²) in [6.07, 6.45) is 2.50. The van der Waals surface area contributed by atoms with Crippen LogP contribution in [0.25, 0.3) is 10.8 Å². The molecule has 0 saturated carbocycles. The molecular weight excluding hydrogens is 268 g/mol. The maximum atomic E-state index is 5.90. The van der Waals surface area contributed by atoms with Crippen molar-refractivity contribution in [2.75, 3.05) is 11.9 Å². The zero-order valence-electron chi connectivity index (χ0n) is 10.6. The van der Waals surface area contributed by atoms with Gasteiger partial charge >= 0.3 is 0 Å². The van der Waals surface area contributed by atoms with Crippen LogP contribution in [0.2, 0.25) is 4.34 Å². The number of hydrogen-bond acceptors (Lipinski definition) is 5. The molecule has 0 aromatic carbocycles. The summed E-state index contributed by atoms with van der Waals surface area (Å²) in [5.74, 6) is 1.52. The van der Waals surface area contributed by atoms with Gasteiger partial charge in [0.25, 0.3) is 0 Å². The highest BCUT2D eigenvalue weighted by Crippen LogP contribution is 2.28. The van der Waals surface area contributed by atoms with Crippen LogP contribution in [0.1, 0.15) is 25.1 Å². The van der Waals surface area contributed by atoms with E-state index in [1.165, 1.54) is 11.3 Å². The first-order valence-corrected chi connectivity index (χ1v) is 7.08. The van der Waals surface area contributed by atoms with Gasteiger partial charge in [0, 0.05) is 17.8 Å².